The van der Waals surface area contributed by atoms with Crippen LogP contribution >= 0.6 is 0 Å². The number of nitrogen functional groups attached to an aromatic ring is 1. The van der Waals surface area contributed by atoms with Gasteiger partial charge in [-0.15, -0.1) is 0 Å². The van der Waals surface area contributed by atoms with Crippen LogP contribution in [-0.4, -0.2) is 34.6 Å². The van der Waals surface area contributed by atoms with Crippen molar-refractivity contribution in [1.82, 2.24) is 9.78 Å². The summed E-state index contributed by atoms with van der Waals surface area (Å²) in [4.78, 5) is 1.94. The maximum atomic E-state index is 14.3. The van der Waals surface area contributed by atoms with Crippen molar-refractivity contribution in [1.29, 1.82) is 0 Å². The lowest BCUT2D eigenvalue weighted by Crippen LogP contribution is -2.38. The van der Waals surface area contributed by atoms with Crippen molar-refractivity contribution in [2.45, 2.75) is 31.5 Å². The van der Waals surface area contributed by atoms with Crippen molar-refractivity contribution in [2.75, 3.05) is 23.7 Å². The van der Waals surface area contributed by atoms with Gasteiger partial charge in [-0.05, 0) is 19.8 Å². The Morgan fingerprint density at radius 3 is 2.88 bits per heavy atom. The lowest BCUT2D eigenvalue weighted by molar-refractivity contribution is 0.179. The molecule has 0 aromatic carbocycles. The Balaban J connectivity index is 2.27. The average Bonchev–Trinajstić information content (AvgIpc) is 2.45. The Morgan fingerprint density at radius 2 is 2.29 bits per heavy atom. The van der Waals surface area contributed by atoms with Crippen LogP contribution in [0.1, 0.15) is 19.8 Å². The number of anilines is 2. The second-order valence-corrected chi connectivity index (χ2v) is 5.13. The molecule has 2 rings (SSSR count). The van der Waals surface area contributed by atoms with E-state index >= 15 is 0 Å². The first-order valence-corrected chi connectivity index (χ1v) is 5.86. The van der Waals surface area contributed by atoms with Gasteiger partial charge >= 0.3 is 0 Å². The normalized spacial score (nSPS) is 30.4. The van der Waals surface area contributed by atoms with E-state index in [1.165, 1.54) is 0 Å². The van der Waals surface area contributed by atoms with Crippen molar-refractivity contribution in [3.63, 3.8) is 0 Å². The Labute approximate surface area is 101 Å². The zero-order valence-electron chi connectivity index (χ0n) is 10.4. The first kappa shape index (κ1) is 12.2. The summed E-state index contributed by atoms with van der Waals surface area (Å²) in [5.74, 6) is 0.781. The molecule has 0 spiro atoms. The summed E-state index contributed by atoms with van der Waals surface area (Å²) >= 11 is 0. The molecule has 5 nitrogen and oxygen atoms in total. The quantitative estimate of drug-likeness (QED) is 0.757. The van der Waals surface area contributed by atoms with Gasteiger partial charge in [0.25, 0.3) is 0 Å². The molecule has 1 fully saturated rings. The lowest BCUT2D eigenvalue weighted by atomic mass is 9.99. The topological polar surface area (TPSA) is 73.1 Å². The van der Waals surface area contributed by atoms with Gasteiger partial charge in [-0.2, -0.15) is 5.10 Å². The number of nitrogens with zero attached hydrogens (tertiary/aromatic N) is 3. The molecule has 17 heavy (non-hydrogen) atoms. The van der Waals surface area contributed by atoms with E-state index in [1.54, 1.807) is 17.8 Å². The molecule has 6 heteroatoms. The molecule has 1 saturated heterocycles. The molecule has 0 radical (unpaired) electrons. The Morgan fingerprint density at radius 1 is 1.59 bits per heavy atom. The minimum Gasteiger partial charge on any atom is -0.394 e. The summed E-state index contributed by atoms with van der Waals surface area (Å²) < 4.78 is 16.0. The predicted octanol–water partition coefficient (Wildman–Crippen LogP) is 0.658. The van der Waals surface area contributed by atoms with Gasteiger partial charge in [0, 0.05) is 19.6 Å². The maximum Gasteiger partial charge on any atom is 0.150 e. The van der Waals surface area contributed by atoms with Crippen molar-refractivity contribution in [3.05, 3.63) is 6.20 Å². The molecule has 2 atom stereocenters. The minimum atomic E-state index is -1.29. The molecule has 0 saturated carbocycles. The zero-order valence-corrected chi connectivity index (χ0v) is 10.4. The van der Waals surface area contributed by atoms with Gasteiger partial charge in [-0.1, -0.05) is 0 Å². The number of hydrogen-bond donors (Lipinski definition) is 2. The smallest absolute Gasteiger partial charge is 0.150 e. The molecular formula is C11H20FN5. The lowest BCUT2D eigenvalue weighted by Gasteiger charge is -2.28. The molecule has 2 heterocycles. The summed E-state index contributed by atoms with van der Waals surface area (Å²) in [7, 11) is 1.81. The second kappa shape index (κ2) is 4.18. The van der Waals surface area contributed by atoms with Gasteiger partial charge in [0.1, 0.15) is 11.5 Å². The van der Waals surface area contributed by atoms with Crippen LogP contribution in [0.4, 0.5) is 15.9 Å². The molecule has 4 N–H and O–H groups in total. The fourth-order valence-corrected chi connectivity index (χ4v) is 2.53. The maximum absolute atomic E-state index is 14.3. The van der Waals surface area contributed by atoms with Crippen LogP contribution in [0.25, 0.3) is 0 Å². The van der Waals surface area contributed by atoms with E-state index in [-0.39, 0.29) is 6.04 Å². The van der Waals surface area contributed by atoms with Gasteiger partial charge in [0.2, 0.25) is 0 Å². The number of alkyl halides is 1. The number of rotatable bonds is 1. The molecule has 0 bridgehead atoms. The highest BCUT2D eigenvalue weighted by Gasteiger charge is 2.33. The van der Waals surface area contributed by atoms with Crippen molar-refractivity contribution < 1.29 is 4.39 Å². The van der Waals surface area contributed by atoms with Crippen molar-refractivity contribution in [3.8, 4) is 0 Å². The highest BCUT2D eigenvalue weighted by molar-refractivity contribution is 5.62. The summed E-state index contributed by atoms with van der Waals surface area (Å²) in [5.41, 5.74) is 11.0. The van der Waals surface area contributed by atoms with Gasteiger partial charge in [0.05, 0.1) is 18.4 Å². The van der Waals surface area contributed by atoms with Crippen LogP contribution in [0, 0.1) is 0 Å². The summed E-state index contributed by atoms with van der Waals surface area (Å²) in [6.45, 7) is 2.62. The monoisotopic (exact) mass is 241 g/mol. The summed E-state index contributed by atoms with van der Waals surface area (Å²) in [6, 6.07) is -0.0931. The van der Waals surface area contributed by atoms with Crippen LogP contribution in [0.5, 0.6) is 0 Å². The van der Waals surface area contributed by atoms with Crippen LogP contribution in [0.15, 0.2) is 6.20 Å². The molecule has 1 aromatic heterocycles. The summed E-state index contributed by atoms with van der Waals surface area (Å²) in [5, 5.41) is 4.09. The second-order valence-electron chi connectivity index (χ2n) is 5.13. The van der Waals surface area contributed by atoms with Gasteiger partial charge in [0.15, 0.2) is 0 Å². The Bertz CT molecular complexity index is 381. The third kappa shape index (κ3) is 2.52. The summed E-state index contributed by atoms with van der Waals surface area (Å²) in [6.07, 6.45) is 2.75. The number of aryl methyl sites for hydroxylation is 1. The minimum absolute atomic E-state index is 0.0931. The third-order valence-corrected chi connectivity index (χ3v) is 3.21. The van der Waals surface area contributed by atoms with E-state index in [9.17, 15) is 4.39 Å². The Kier molecular flexibility index (Phi) is 2.99. The molecule has 1 aromatic rings. The van der Waals surface area contributed by atoms with Gasteiger partial charge in [-0.3, -0.25) is 4.68 Å². The van der Waals surface area contributed by atoms with Crippen molar-refractivity contribution >= 4 is 11.5 Å². The number of halogens is 1. The third-order valence-electron chi connectivity index (χ3n) is 3.21. The average molecular weight is 241 g/mol. The SMILES string of the molecule is Cn1ncc(N)c1N1CCC(N)CC(C)(F)C1. The van der Waals surface area contributed by atoms with Gasteiger partial charge < -0.3 is 16.4 Å². The van der Waals surface area contributed by atoms with E-state index in [0.717, 1.165) is 12.2 Å². The fourth-order valence-electron chi connectivity index (χ4n) is 2.53. The van der Waals surface area contributed by atoms with Crippen LogP contribution in [-0.2, 0) is 7.05 Å². The molecule has 2 unspecified atom stereocenters. The standard InChI is InChI=1S/C11H20FN5/c1-11(12)5-8(13)3-4-17(7-11)10-9(14)6-15-16(10)2/h6,8H,3-5,7,13-14H2,1-2H3. The number of aromatic nitrogens is 2. The highest BCUT2D eigenvalue weighted by atomic mass is 19.1. The first-order valence-electron chi connectivity index (χ1n) is 5.86. The van der Waals surface area contributed by atoms with E-state index in [2.05, 4.69) is 5.10 Å². The van der Waals surface area contributed by atoms with E-state index in [1.807, 2.05) is 11.9 Å². The molecule has 1 aliphatic rings. The van der Waals surface area contributed by atoms with Gasteiger partial charge in [-0.25, -0.2) is 4.39 Å². The van der Waals surface area contributed by atoms with E-state index in [0.29, 0.717) is 25.2 Å². The number of nitrogens with two attached hydrogens (primary N) is 2. The van der Waals surface area contributed by atoms with Crippen molar-refractivity contribution in [2.24, 2.45) is 12.8 Å². The van der Waals surface area contributed by atoms with Crippen LogP contribution < -0.4 is 16.4 Å². The predicted molar refractivity (Wildman–Crippen MR) is 66.6 cm³/mol. The fraction of sp³-hybridized carbons (Fsp3) is 0.727. The highest BCUT2D eigenvalue weighted by Crippen LogP contribution is 2.30. The number of hydrogen-bond acceptors (Lipinski definition) is 4. The first-order chi connectivity index (χ1) is 7.89. The molecule has 1 aliphatic heterocycles. The van der Waals surface area contributed by atoms with Crippen LogP contribution in [0.2, 0.25) is 0 Å². The molecule has 0 aliphatic carbocycles. The zero-order chi connectivity index (χ0) is 12.6. The van der Waals surface area contributed by atoms with E-state index in [4.69, 9.17) is 11.5 Å². The molecule has 0 amide bonds. The largest absolute Gasteiger partial charge is 0.394 e. The molecule has 96 valence electrons. The Hall–Kier alpha value is -1.30. The molecular weight excluding hydrogens is 221 g/mol. The van der Waals surface area contributed by atoms with Crippen LogP contribution in [0.3, 0.4) is 0 Å². The van der Waals surface area contributed by atoms with E-state index < -0.39 is 5.67 Å².